The zero-order valence-corrected chi connectivity index (χ0v) is 19.4. The lowest BCUT2D eigenvalue weighted by Crippen LogP contribution is -2.14. The van der Waals surface area contributed by atoms with Crippen molar-refractivity contribution in [1.29, 1.82) is 0 Å². The molecule has 0 heterocycles. The Hall–Kier alpha value is -4.43. The predicted octanol–water partition coefficient (Wildman–Crippen LogP) is 6.74. The summed E-state index contributed by atoms with van der Waals surface area (Å²) >= 11 is 0.788. The molecule has 3 aromatic carbocycles. The summed E-state index contributed by atoms with van der Waals surface area (Å²) in [6.07, 6.45) is 0. The Morgan fingerprint density at radius 1 is 0.889 bits per heavy atom. The van der Waals surface area contributed by atoms with Gasteiger partial charge in [0.05, 0.1) is 29.0 Å². The number of carbonyl (C=O) groups is 2. The molecule has 3 aromatic rings. The van der Waals surface area contributed by atoms with E-state index in [1.54, 1.807) is 54.6 Å². The second-order valence-corrected chi connectivity index (χ2v) is 7.65. The van der Waals surface area contributed by atoms with E-state index in [2.05, 4.69) is 35.1 Å². The minimum Gasteiger partial charge on any atom is -0.510 e. The van der Waals surface area contributed by atoms with Crippen LogP contribution in [-0.2, 0) is 14.2 Å². The molecule has 0 aliphatic heterocycles. The molecule has 0 saturated heterocycles. The van der Waals surface area contributed by atoms with E-state index in [0.29, 0.717) is 16.3 Å². The molecule has 4 N–H and O–H groups in total. The van der Waals surface area contributed by atoms with E-state index in [9.17, 15) is 19.8 Å². The first-order valence-corrected chi connectivity index (χ1v) is 10.8. The van der Waals surface area contributed by atoms with Crippen molar-refractivity contribution in [3.63, 3.8) is 0 Å². The second kappa shape index (κ2) is 12.9. The molecule has 0 atom stereocenters. The Labute approximate surface area is 208 Å². The molecular formula is C23H19N5O7S. The van der Waals surface area contributed by atoms with Crippen LogP contribution in [0.2, 0.25) is 0 Å². The maximum atomic E-state index is 12.5. The third kappa shape index (κ3) is 7.54. The topological polar surface area (TPSA) is 175 Å². The van der Waals surface area contributed by atoms with Crippen molar-refractivity contribution < 1.29 is 34.4 Å². The fourth-order valence-electron chi connectivity index (χ4n) is 2.68. The number of aliphatic hydroxyl groups is 1. The maximum absolute atomic E-state index is 12.5. The summed E-state index contributed by atoms with van der Waals surface area (Å²) in [5.74, 6) is -2.41. The quantitative estimate of drug-likeness (QED) is 0.0580. The average Bonchev–Trinajstić information content (AvgIpc) is 2.87. The van der Waals surface area contributed by atoms with Crippen LogP contribution < -0.4 is 5.32 Å². The standard InChI is InChI=1S/C23H19N5O7S/c1-14(29)21(22(30)24-15-5-3-2-4-6-15)28-27-20-12-9-17(13-19(20)23(31)32)26-25-16-7-10-18(11-8-16)36-35-34-33/h2-13,29,33H,1H3,(H,24,30)(H,31,32)/b21-14-,26-25?,28-27?. The van der Waals surface area contributed by atoms with Gasteiger partial charge in [0.2, 0.25) is 0 Å². The third-order valence-electron chi connectivity index (χ3n) is 4.34. The highest BCUT2D eigenvalue weighted by Crippen LogP contribution is 2.28. The van der Waals surface area contributed by atoms with Crippen LogP contribution in [0.15, 0.2) is 110 Å². The Bertz CT molecular complexity index is 1310. The van der Waals surface area contributed by atoms with Crippen LogP contribution in [0.25, 0.3) is 0 Å². The summed E-state index contributed by atoms with van der Waals surface area (Å²) < 4.78 is 4.33. The molecule has 0 unspecified atom stereocenters. The molecule has 0 aliphatic carbocycles. The number of nitrogens with zero attached hydrogens (tertiary/aromatic N) is 4. The van der Waals surface area contributed by atoms with Crippen LogP contribution in [-0.4, -0.2) is 27.3 Å². The van der Waals surface area contributed by atoms with Gasteiger partial charge in [0.15, 0.2) is 5.70 Å². The minimum absolute atomic E-state index is 0.0554. The number of amides is 1. The molecule has 3 rings (SSSR count). The third-order valence-corrected chi connectivity index (χ3v) is 4.93. The highest BCUT2D eigenvalue weighted by atomic mass is 32.2. The molecule has 36 heavy (non-hydrogen) atoms. The van der Waals surface area contributed by atoms with Crippen molar-refractivity contribution >= 4 is 46.7 Å². The average molecular weight is 510 g/mol. The summed E-state index contributed by atoms with van der Waals surface area (Å²) in [4.78, 5) is 24.9. The summed E-state index contributed by atoms with van der Waals surface area (Å²) in [5, 5.41) is 49.5. The first kappa shape index (κ1) is 26.2. The van der Waals surface area contributed by atoms with E-state index in [1.165, 1.54) is 25.1 Å². The highest BCUT2D eigenvalue weighted by molar-refractivity contribution is 7.94. The number of aliphatic hydroxyl groups excluding tert-OH is 1. The van der Waals surface area contributed by atoms with Gasteiger partial charge in [0.25, 0.3) is 5.91 Å². The Kier molecular flexibility index (Phi) is 9.36. The van der Waals surface area contributed by atoms with Gasteiger partial charge in [-0.25, -0.2) is 10.1 Å². The molecule has 184 valence electrons. The molecule has 13 heteroatoms. The number of para-hydroxylation sites is 1. The summed E-state index contributed by atoms with van der Waals surface area (Å²) in [7, 11) is 0. The van der Waals surface area contributed by atoms with Crippen LogP contribution in [0.3, 0.4) is 0 Å². The summed E-state index contributed by atoms with van der Waals surface area (Å²) in [6.45, 7) is 1.26. The lowest BCUT2D eigenvalue weighted by Gasteiger charge is -2.06. The van der Waals surface area contributed by atoms with Gasteiger partial charge in [0, 0.05) is 10.6 Å². The van der Waals surface area contributed by atoms with E-state index in [0.717, 1.165) is 12.0 Å². The van der Waals surface area contributed by atoms with Crippen LogP contribution in [0.4, 0.5) is 22.7 Å². The monoisotopic (exact) mass is 509 g/mol. The number of hydrogen-bond acceptors (Lipinski definition) is 11. The van der Waals surface area contributed by atoms with Crippen molar-refractivity contribution in [3.8, 4) is 0 Å². The number of hydrogen-bond donors (Lipinski definition) is 4. The van der Waals surface area contributed by atoms with E-state index >= 15 is 0 Å². The van der Waals surface area contributed by atoms with Crippen LogP contribution in [0.1, 0.15) is 17.3 Å². The zero-order chi connectivity index (χ0) is 25.9. The van der Waals surface area contributed by atoms with Crippen LogP contribution >= 0.6 is 12.0 Å². The van der Waals surface area contributed by atoms with Gasteiger partial charge in [-0.1, -0.05) is 23.2 Å². The fourth-order valence-corrected chi connectivity index (χ4v) is 3.04. The van der Waals surface area contributed by atoms with Crippen molar-refractivity contribution in [2.24, 2.45) is 20.5 Å². The highest BCUT2D eigenvalue weighted by Gasteiger charge is 2.15. The SMILES string of the molecule is C/C(O)=C(/N=Nc1ccc(N=Nc2ccc(SOOO)cc2)cc1C(=O)O)C(=O)Nc1ccccc1. The molecule has 0 radical (unpaired) electrons. The molecule has 0 aromatic heterocycles. The van der Waals surface area contributed by atoms with Crippen molar-refractivity contribution in [2.75, 3.05) is 5.32 Å². The van der Waals surface area contributed by atoms with Crippen molar-refractivity contribution in [3.05, 3.63) is 89.8 Å². The smallest absolute Gasteiger partial charge is 0.338 e. The number of aromatic carboxylic acids is 1. The first-order chi connectivity index (χ1) is 17.4. The Balaban J connectivity index is 1.78. The van der Waals surface area contributed by atoms with E-state index in [1.807, 2.05) is 0 Å². The summed E-state index contributed by atoms with van der Waals surface area (Å²) in [6, 6.07) is 19.1. The largest absolute Gasteiger partial charge is 0.510 e. The number of nitrogens with one attached hydrogen (secondary N) is 1. The second-order valence-electron chi connectivity index (χ2n) is 6.88. The molecule has 0 bridgehead atoms. The van der Waals surface area contributed by atoms with Gasteiger partial charge >= 0.3 is 5.97 Å². The maximum Gasteiger partial charge on any atom is 0.338 e. The van der Waals surface area contributed by atoms with Crippen LogP contribution in [0.5, 0.6) is 0 Å². The Morgan fingerprint density at radius 2 is 1.56 bits per heavy atom. The molecule has 0 saturated carbocycles. The number of azo groups is 2. The molecule has 1 amide bonds. The number of anilines is 1. The first-order valence-electron chi connectivity index (χ1n) is 10.1. The van der Waals surface area contributed by atoms with Gasteiger partial charge in [-0.15, -0.1) is 14.6 Å². The molecule has 0 fully saturated rings. The van der Waals surface area contributed by atoms with E-state index in [4.69, 9.17) is 5.26 Å². The number of rotatable bonds is 10. The molecule has 12 nitrogen and oxygen atoms in total. The number of benzene rings is 3. The lowest BCUT2D eigenvalue weighted by atomic mass is 10.1. The summed E-state index contributed by atoms with van der Waals surface area (Å²) in [5.41, 5.74) is 0.525. The zero-order valence-electron chi connectivity index (χ0n) is 18.6. The van der Waals surface area contributed by atoms with Gasteiger partial charge < -0.3 is 15.5 Å². The minimum atomic E-state index is -1.30. The van der Waals surface area contributed by atoms with Crippen molar-refractivity contribution in [1.82, 2.24) is 0 Å². The number of allylic oxidation sites excluding steroid dienone is 1. The molecular weight excluding hydrogens is 490 g/mol. The molecule has 0 aliphatic rings. The van der Waals surface area contributed by atoms with Gasteiger partial charge in [-0.2, -0.15) is 10.2 Å². The van der Waals surface area contributed by atoms with E-state index < -0.39 is 17.6 Å². The fraction of sp³-hybridized carbons (Fsp3) is 0.0435. The lowest BCUT2D eigenvalue weighted by molar-refractivity contribution is -0.432. The molecule has 0 spiro atoms. The number of carbonyl (C=O) groups excluding carboxylic acids is 1. The normalized spacial score (nSPS) is 12.1. The van der Waals surface area contributed by atoms with Gasteiger partial charge in [0.1, 0.15) is 11.4 Å². The van der Waals surface area contributed by atoms with Crippen LogP contribution in [0, 0.1) is 0 Å². The number of carboxylic acids is 1. The Morgan fingerprint density at radius 3 is 2.19 bits per heavy atom. The van der Waals surface area contributed by atoms with Gasteiger partial charge in [-0.3, -0.25) is 4.79 Å². The van der Waals surface area contributed by atoms with Gasteiger partial charge in [-0.05, 0) is 61.5 Å². The number of carboxylic acid groups (broad SMARTS) is 1. The predicted molar refractivity (Wildman–Crippen MR) is 130 cm³/mol. The van der Waals surface area contributed by atoms with Crippen molar-refractivity contribution in [2.45, 2.75) is 11.8 Å². The van der Waals surface area contributed by atoms with E-state index in [-0.39, 0.29) is 22.6 Å².